The summed E-state index contributed by atoms with van der Waals surface area (Å²) in [5.41, 5.74) is 0. The van der Waals surface area contributed by atoms with Crippen LogP contribution in [0.1, 0.15) is 0 Å². The highest BCUT2D eigenvalue weighted by Crippen LogP contribution is 2.43. The summed E-state index contributed by atoms with van der Waals surface area (Å²) in [5, 5.41) is 23.3. The molecule has 0 atom stereocenters. The van der Waals surface area contributed by atoms with Crippen LogP contribution < -0.4 is 20.7 Å². The minimum absolute atomic E-state index is 1.37. The Kier molecular flexibility index (Phi) is 3.08. The van der Waals surface area contributed by atoms with Crippen molar-refractivity contribution in [1.82, 2.24) is 0 Å². The van der Waals surface area contributed by atoms with E-state index in [1.807, 2.05) is 0 Å². The maximum Gasteiger partial charge on any atom is 0.182 e. The fourth-order valence-corrected chi connectivity index (χ4v) is 13.9. The van der Waals surface area contributed by atoms with Crippen LogP contribution in [0.3, 0.4) is 0 Å². The third-order valence-corrected chi connectivity index (χ3v) is 14.3. The third-order valence-electron chi connectivity index (χ3n) is 9.39. The Balaban J connectivity index is 1.54. The Bertz CT molecular complexity index is 2020. The van der Waals surface area contributed by atoms with Gasteiger partial charge in [-0.05, 0) is 85.4 Å². The van der Waals surface area contributed by atoms with Crippen LogP contribution in [0.25, 0.3) is 64.6 Å². The molecule has 0 unspecified atom stereocenters. The van der Waals surface area contributed by atoms with Crippen LogP contribution in [0, 0.1) is 0 Å². The van der Waals surface area contributed by atoms with Crippen molar-refractivity contribution in [3.8, 4) is 0 Å². The number of fused-ring (bicyclic) bond motifs is 10. The SMILES string of the molecule is c1ccc2c(c1)c1cccc3c1c1c(cccc21)[Si]31c2cccc3c4ccccc4c4cccc1c4c23. The van der Waals surface area contributed by atoms with Crippen molar-refractivity contribution >= 4 is 93.5 Å². The van der Waals surface area contributed by atoms with Crippen molar-refractivity contribution < 1.29 is 0 Å². The first-order chi connectivity index (χ1) is 18.4. The summed E-state index contributed by atoms with van der Waals surface area (Å²) in [4.78, 5) is 0. The molecule has 2 aliphatic heterocycles. The summed E-state index contributed by atoms with van der Waals surface area (Å²) in [5.74, 6) is 0. The molecular formula is C36H20Si. The van der Waals surface area contributed by atoms with Crippen molar-refractivity contribution in [2.24, 2.45) is 0 Å². The van der Waals surface area contributed by atoms with Gasteiger partial charge in [-0.1, -0.05) is 121 Å². The Morgan fingerprint density at radius 1 is 0.243 bits per heavy atom. The first-order valence-electron chi connectivity index (χ1n) is 13.1. The maximum atomic E-state index is 2.46. The first-order valence-corrected chi connectivity index (χ1v) is 15.1. The summed E-state index contributed by atoms with van der Waals surface area (Å²) in [6.07, 6.45) is 0. The zero-order valence-electron chi connectivity index (χ0n) is 20.0. The maximum absolute atomic E-state index is 2.48. The van der Waals surface area contributed by atoms with Crippen LogP contribution in [0.4, 0.5) is 0 Å². The van der Waals surface area contributed by atoms with E-state index in [0.717, 1.165) is 0 Å². The van der Waals surface area contributed by atoms with Crippen molar-refractivity contribution in [3.63, 3.8) is 0 Å². The lowest BCUT2D eigenvalue weighted by Crippen LogP contribution is -2.71. The van der Waals surface area contributed by atoms with E-state index in [0.29, 0.717) is 0 Å². The van der Waals surface area contributed by atoms with Crippen LogP contribution in [-0.4, -0.2) is 8.07 Å². The van der Waals surface area contributed by atoms with E-state index in [-0.39, 0.29) is 0 Å². The molecule has 168 valence electrons. The van der Waals surface area contributed by atoms with E-state index in [1.165, 1.54) is 64.6 Å². The Labute approximate surface area is 214 Å². The molecule has 8 aromatic carbocycles. The van der Waals surface area contributed by atoms with Gasteiger partial charge in [0.05, 0.1) is 0 Å². The van der Waals surface area contributed by atoms with Gasteiger partial charge < -0.3 is 0 Å². The fourth-order valence-electron chi connectivity index (χ4n) is 8.21. The van der Waals surface area contributed by atoms with Crippen LogP contribution in [-0.2, 0) is 0 Å². The molecule has 0 aliphatic carbocycles. The van der Waals surface area contributed by atoms with Crippen molar-refractivity contribution in [1.29, 1.82) is 0 Å². The second-order valence-electron chi connectivity index (χ2n) is 10.8. The predicted molar refractivity (Wildman–Crippen MR) is 162 cm³/mol. The zero-order chi connectivity index (χ0) is 23.9. The largest absolute Gasteiger partial charge is 0.182 e. The second kappa shape index (κ2) is 6.08. The van der Waals surface area contributed by atoms with Gasteiger partial charge in [0, 0.05) is 0 Å². The highest BCUT2D eigenvalue weighted by atomic mass is 28.3. The van der Waals surface area contributed by atoms with Crippen LogP contribution in [0.2, 0.25) is 0 Å². The van der Waals surface area contributed by atoms with E-state index in [4.69, 9.17) is 0 Å². The van der Waals surface area contributed by atoms with E-state index in [1.54, 1.807) is 20.7 Å². The lowest BCUT2D eigenvalue weighted by atomic mass is 9.95. The lowest BCUT2D eigenvalue weighted by molar-refractivity contribution is 1.81. The molecule has 0 fully saturated rings. The summed E-state index contributed by atoms with van der Waals surface area (Å²) >= 11 is 0. The third kappa shape index (κ3) is 1.86. The predicted octanol–water partition coefficient (Wildman–Crippen LogP) is 6.61. The van der Waals surface area contributed by atoms with Gasteiger partial charge in [0.25, 0.3) is 0 Å². The molecule has 0 saturated heterocycles. The number of hydrogen-bond donors (Lipinski definition) is 0. The standard InChI is InChI=1S/C36H20Si/c1-2-10-22-21(9-1)25-13-5-17-29-33(25)34-26(22)14-6-18-30(34)37(29)31-19-7-15-27-23-11-3-4-12-24(23)28-16-8-20-32(37)36(28)35(27)31/h1-20H. The molecule has 37 heavy (non-hydrogen) atoms. The molecule has 0 N–H and O–H groups in total. The minimum Gasteiger partial charge on any atom is -0.0617 e. The number of benzene rings is 8. The monoisotopic (exact) mass is 480 g/mol. The van der Waals surface area contributed by atoms with E-state index in [2.05, 4.69) is 121 Å². The molecule has 8 aromatic rings. The number of rotatable bonds is 0. The number of hydrogen-bond acceptors (Lipinski definition) is 0. The van der Waals surface area contributed by atoms with Crippen LogP contribution >= 0.6 is 0 Å². The quantitative estimate of drug-likeness (QED) is 0.169. The van der Waals surface area contributed by atoms with Gasteiger partial charge in [-0.2, -0.15) is 0 Å². The highest BCUT2D eigenvalue weighted by Gasteiger charge is 2.52. The van der Waals surface area contributed by atoms with E-state index >= 15 is 0 Å². The van der Waals surface area contributed by atoms with Gasteiger partial charge in [0.1, 0.15) is 0 Å². The average Bonchev–Trinajstić information content (AvgIpc) is 3.45. The van der Waals surface area contributed by atoms with E-state index < -0.39 is 8.07 Å². The van der Waals surface area contributed by atoms with Gasteiger partial charge in [-0.25, -0.2) is 0 Å². The fraction of sp³-hybridized carbons (Fsp3) is 0. The van der Waals surface area contributed by atoms with Crippen molar-refractivity contribution in [3.05, 3.63) is 121 Å². The molecule has 0 saturated carbocycles. The van der Waals surface area contributed by atoms with Crippen molar-refractivity contribution in [2.75, 3.05) is 0 Å². The lowest BCUT2D eigenvalue weighted by Gasteiger charge is -2.28. The average molecular weight is 481 g/mol. The molecule has 0 radical (unpaired) electrons. The van der Waals surface area contributed by atoms with Gasteiger partial charge in [0.2, 0.25) is 0 Å². The molecule has 0 aromatic heterocycles. The topological polar surface area (TPSA) is 0 Å². The molecule has 0 bridgehead atoms. The molecule has 10 rings (SSSR count). The van der Waals surface area contributed by atoms with Gasteiger partial charge in [0.15, 0.2) is 8.07 Å². The molecule has 2 heterocycles. The molecular weight excluding hydrogens is 460 g/mol. The Morgan fingerprint density at radius 2 is 0.486 bits per heavy atom. The van der Waals surface area contributed by atoms with E-state index in [9.17, 15) is 0 Å². The molecule has 0 nitrogen and oxygen atoms in total. The Hall–Kier alpha value is -4.46. The summed E-state index contributed by atoms with van der Waals surface area (Å²) in [6, 6.07) is 46.5. The first kappa shape index (κ1) is 18.8. The smallest absolute Gasteiger partial charge is 0.0617 e. The van der Waals surface area contributed by atoms with Gasteiger partial charge >= 0.3 is 0 Å². The Morgan fingerprint density at radius 3 is 0.757 bits per heavy atom. The molecule has 0 amide bonds. The molecule has 1 heteroatoms. The summed E-state index contributed by atoms with van der Waals surface area (Å²) < 4.78 is 0. The normalized spacial score (nSPS) is 14.7. The minimum atomic E-state index is -2.48. The zero-order valence-corrected chi connectivity index (χ0v) is 21.0. The summed E-state index contributed by atoms with van der Waals surface area (Å²) in [7, 11) is -2.48. The van der Waals surface area contributed by atoms with Crippen molar-refractivity contribution in [2.45, 2.75) is 0 Å². The highest BCUT2D eigenvalue weighted by molar-refractivity contribution is 7.26. The second-order valence-corrected chi connectivity index (χ2v) is 14.4. The summed E-state index contributed by atoms with van der Waals surface area (Å²) in [6.45, 7) is 0. The molecule has 2 aliphatic rings. The molecule has 1 spiro atoms. The van der Waals surface area contributed by atoms with Gasteiger partial charge in [-0.3, -0.25) is 0 Å². The van der Waals surface area contributed by atoms with Crippen LogP contribution in [0.15, 0.2) is 121 Å². The van der Waals surface area contributed by atoms with Crippen LogP contribution in [0.5, 0.6) is 0 Å². The van der Waals surface area contributed by atoms with Gasteiger partial charge in [-0.15, -0.1) is 0 Å².